The minimum Gasteiger partial charge on any atom is -0.497 e. The number of pyridine rings is 1. The van der Waals surface area contributed by atoms with E-state index in [2.05, 4.69) is 34.6 Å². The smallest absolute Gasteiger partial charge is 0.119 e. The maximum atomic E-state index is 6.02. The number of nitrogens with zero attached hydrogens (tertiary/aromatic N) is 1. The average Bonchev–Trinajstić information content (AvgIpc) is 3.04. The molecule has 1 saturated heterocycles. The number of aromatic nitrogens is 1. The van der Waals surface area contributed by atoms with Crippen molar-refractivity contribution in [3.8, 4) is 5.75 Å². The van der Waals surface area contributed by atoms with Crippen LogP contribution >= 0.6 is 0 Å². The molecule has 0 radical (unpaired) electrons. The Morgan fingerprint density at radius 1 is 1.24 bits per heavy atom. The highest BCUT2D eigenvalue weighted by molar-refractivity contribution is 5.59. The maximum absolute atomic E-state index is 6.02. The van der Waals surface area contributed by atoms with Gasteiger partial charge in [-0.3, -0.25) is 4.98 Å². The Labute approximate surface area is 124 Å². The molecule has 1 aromatic heterocycles. The van der Waals surface area contributed by atoms with E-state index in [-0.39, 0.29) is 12.1 Å². The Morgan fingerprint density at radius 2 is 2.10 bits per heavy atom. The van der Waals surface area contributed by atoms with Crippen molar-refractivity contribution in [2.75, 3.05) is 19.0 Å². The van der Waals surface area contributed by atoms with Crippen molar-refractivity contribution in [2.45, 2.75) is 18.6 Å². The Bertz CT molecular complexity index is 644. The first-order chi connectivity index (χ1) is 10.4. The van der Waals surface area contributed by atoms with E-state index in [9.17, 15) is 0 Å². The largest absolute Gasteiger partial charge is 0.497 e. The molecule has 1 fully saturated rings. The van der Waals surface area contributed by atoms with Crippen LogP contribution in [0.2, 0.25) is 0 Å². The van der Waals surface area contributed by atoms with Gasteiger partial charge in [-0.15, -0.1) is 0 Å². The SMILES string of the molecule is COc1ccc2c(c1)[C@@H]1OCC[C@H]1[C@H](c1ccncc1)N2. The van der Waals surface area contributed by atoms with E-state index in [1.54, 1.807) is 7.11 Å². The number of methoxy groups -OCH3 is 1. The molecule has 3 heterocycles. The minimum absolute atomic E-state index is 0.148. The molecule has 0 saturated carbocycles. The number of benzene rings is 1. The third-order valence-electron chi connectivity index (χ3n) is 4.51. The second kappa shape index (κ2) is 5.04. The number of rotatable bonds is 2. The van der Waals surface area contributed by atoms with Crippen molar-refractivity contribution in [2.24, 2.45) is 5.92 Å². The van der Waals surface area contributed by atoms with Crippen LogP contribution in [-0.2, 0) is 4.74 Å². The van der Waals surface area contributed by atoms with Crippen LogP contribution in [-0.4, -0.2) is 18.7 Å². The highest BCUT2D eigenvalue weighted by Gasteiger charge is 2.41. The number of ether oxygens (including phenoxy) is 2. The molecule has 2 aliphatic heterocycles. The Kier molecular flexibility index (Phi) is 3.04. The average molecular weight is 282 g/mol. The highest BCUT2D eigenvalue weighted by Crippen LogP contribution is 2.50. The zero-order chi connectivity index (χ0) is 14.2. The number of anilines is 1. The van der Waals surface area contributed by atoms with E-state index < -0.39 is 0 Å². The van der Waals surface area contributed by atoms with Crippen LogP contribution in [0.25, 0.3) is 0 Å². The standard InChI is InChI=1S/C17H18N2O2/c1-20-12-2-3-15-14(10-12)17-13(6-9-21-17)16(19-15)11-4-7-18-8-5-11/h2-5,7-8,10,13,16-17,19H,6,9H2,1H3/t13-,16-,17+/m0/s1. The van der Waals surface area contributed by atoms with Crippen LogP contribution in [0.4, 0.5) is 5.69 Å². The summed E-state index contributed by atoms with van der Waals surface area (Å²) in [4.78, 5) is 4.12. The zero-order valence-corrected chi connectivity index (χ0v) is 12.0. The Morgan fingerprint density at radius 3 is 2.90 bits per heavy atom. The van der Waals surface area contributed by atoms with Crippen LogP contribution in [0, 0.1) is 5.92 Å². The lowest BCUT2D eigenvalue weighted by molar-refractivity contribution is 0.0827. The predicted octanol–water partition coefficient (Wildman–Crippen LogP) is 3.33. The fourth-order valence-corrected chi connectivity index (χ4v) is 3.48. The van der Waals surface area contributed by atoms with Gasteiger partial charge in [0.05, 0.1) is 19.3 Å². The molecule has 3 atom stereocenters. The van der Waals surface area contributed by atoms with E-state index >= 15 is 0 Å². The van der Waals surface area contributed by atoms with Crippen molar-refractivity contribution < 1.29 is 9.47 Å². The molecule has 0 unspecified atom stereocenters. The summed E-state index contributed by atoms with van der Waals surface area (Å²) in [6.45, 7) is 0.815. The van der Waals surface area contributed by atoms with Crippen molar-refractivity contribution in [1.29, 1.82) is 0 Å². The molecule has 108 valence electrons. The summed E-state index contributed by atoms with van der Waals surface area (Å²) in [5, 5.41) is 3.67. The molecule has 0 amide bonds. The van der Waals surface area contributed by atoms with Gasteiger partial charge in [0, 0.05) is 36.2 Å². The third kappa shape index (κ3) is 2.07. The van der Waals surface area contributed by atoms with Crippen LogP contribution in [0.1, 0.15) is 29.7 Å². The Hall–Kier alpha value is -2.07. The number of nitrogens with one attached hydrogen (secondary N) is 1. The van der Waals surface area contributed by atoms with Crippen LogP contribution in [0.3, 0.4) is 0 Å². The summed E-state index contributed by atoms with van der Waals surface area (Å²) in [5.41, 5.74) is 3.62. The molecule has 0 bridgehead atoms. The monoisotopic (exact) mass is 282 g/mol. The number of hydrogen-bond acceptors (Lipinski definition) is 4. The predicted molar refractivity (Wildman–Crippen MR) is 80.4 cm³/mol. The molecular weight excluding hydrogens is 264 g/mol. The van der Waals surface area contributed by atoms with Gasteiger partial charge in [0.15, 0.2) is 0 Å². The molecule has 4 rings (SSSR count). The van der Waals surface area contributed by atoms with Gasteiger partial charge in [0.25, 0.3) is 0 Å². The summed E-state index contributed by atoms with van der Waals surface area (Å²) >= 11 is 0. The third-order valence-corrected chi connectivity index (χ3v) is 4.51. The summed E-state index contributed by atoms with van der Waals surface area (Å²) in [5.74, 6) is 1.33. The molecule has 0 spiro atoms. The quantitative estimate of drug-likeness (QED) is 0.917. The van der Waals surface area contributed by atoms with Gasteiger partial charge in [-0.25, -0.2) is 0 Å². The highest BCUT2D eigenvalue weighted by atomic mass is 16.5. The van der Waals surface area contributed by atoms with Gasteiger partial charge in [0.1, 0.15) is 5.75 Å². The molecule has 2 aromatic rings. The Balaban J connectivity index is 1.77. The van der Waals surface area contributed by atoms with Crippen molar-refractivity contribution >= 4 is 5.69 Å². The zero-order valence-electron chi connectivity index (χ0n) is 12.0. The van der Waals surface area contributed by atoms with E-state index in [1.807, 2.05) is 18.5 Å². The van der Waals surface area contributed by atoms with Gasteiger partial charge in [-0.05, 0) is 42.3 Å². The lowest BCUT2D eigenvalue weighted by atomic mass is 9.81. The minimum atomic E-state index is 0.148. The van der Waals surface area contributed by atoms with Crippen LogP contribution in [0.15, 0.2) is 42.7 Å². The van der Waals surface area contributed by atoms with Crippen molar-refractivity contribution in [1.82, 2.24) is 4.98 Å². The molecule has 4 nitrogen and oxygen atoms in total. The fourth-order valence-electron chi connectivity index (χ4n) is 3.48. The second-order valence-corrected chi connectivity index (χ2v) is 5.60. The van der Waals surface area contributed by atoms with Crippen molar-refractivity contribution in [3.63, 3.8) is 0 Å². The first-order valence-electron chi connectivity index (χ1n) is 7.33. The van der Waals surface area contributed by atoms with Gasteiger partial charge < -0.3 is 14.8 Å². The molecule has 1 aromatic carbocycles. The van der Waals surface area contributed by atoms with Crippen LogP contribution < -0.4 is 10.1 Å². The number of fused-ring (bicyclic) bond motifs is 3. The lowest BCUT2D eigenvalue weighted by Gasteiger charge is -2.36. The second-order valence-electron chi connectivity index (χ2n) is 5.60. The molecule has 2 aliphatic rings. The first-order valence-corrected chi connectivity index (χ1v) is 7.33. The number of hydrogen-bond donors (Lipinski definition) is 1. The van der Waals surface area contributed by atoms with E-state index in [1.165, 1.54) is 11.1 Å². The normalized spacial score (nSPS) is 26.6. The lowest BCUT2D eigenvalue weighted by Crippen LogP contribution is -2.29. The molecular formula is C17H18N2O2. The van der Waals surface area contributed by atoms with Gasteiger partial charge in [-0.1, -0.05) is 0 Å². The molecule has 21 heavy (non-hydrogen) atoms. The summed E-state index contributed by atoms with van der Waals surface area (Å²) in [7, 11) is 1.70. The fraction of sp³-hybridized carbons (Fsp3) is 0.353. The molecule has 0 aliphatic carbocycles. The van der Waals surface area contributed by atoms with E-state index in [4.69, 9.17) is 9.47 Å². The molecule has 4 heteroatoms. The van der Waals surface area contributed by atoms with E-state index in [0.717, 1.165) is 24.5 Å². The van der Waals surface area contributed by atoms with Gasteiger partial charge in [0.2, 0.25) is 0 Å². The van der Waals surface area contributed by atoms with Crippen LogP contribution in [0.5, 0.6) is 5.75 Å². The van der Waals surface area contributed by atoms with Gasteiger partial charge in [-0.2, -0.15) is 0 Å². The summed E-state index contributed by atoms with van der Waals surface area (Å²) in [6.07, 6.45) is 4.92. The van der Waals surface area contributed by atoms with E-state index in [0.29, 0.717) is 5.92 Å². The summed E-state index contributed by atoms with van der Waals surface area (Å²) < 4.78 is 11.4. The summed E-state index contributed by atoms with van der Waals surface area (Å²) in [6, 6.07) is 10.6. The topological polar surface area (TPSA) is 43.4 Å². The maximum Gasteiger partial charge on any atom is 0.119 e. The van der Waals surface area contributed by atoms with Gasteiger partial charge >= 0.3 is 0 Å². The molecule has 1 N–H and O–H groups in total. The van der Waals surface area contributed by atoms with Crippen molar-refractivity contribution in [3.05, 3.63) is 53.9 Å². The first kappa shape index (κ1) is 12.7.